The predicted octanol–water partition coefficient (Wildman–Crippen LogP) is 17.5. The Balaban J connectivity index is 0.000000120. The second-order valence-corrected chi connectivity index (χ2v) is 33.5. The first-order valence-electron chi connectivity index (χ1n) is 41.5. The van der Waals surface area contributed by atoms with Gasteiger partial charge in [-0.25, -0.2) is 24.9 Å². The minimum atomic E-state index is -0.229. The quantitative estimate of drug-likeness (QED) is 0.0269. The van der Waals surface area contributed by atoms with Crippen molar-refractivity contribution in [3.8, 4) is 66.4 Å². The monoisotopic (exact) mass is 1840 g/mol. The van der Waals surface area contributed by atoms with Crippen molar-refractivity contribution >= 4 is 115 Å². The number of ether oxygens (including phenoxy) is 2. The fraction of sp³-hybridized carbons (Fsp3) is 0.160. The summed E-state index contributed by atoms with van der Waals surface area (Å²) in [5, 5.41) is 38.6. The van der Waals surface area contributed by atoms with E-state index in [0.717, 1.165) is 88.6 Å². The van der Waals surface area contributed by atoms with E-state index in [2.05, 4.69) is 154 Å². The van der Waals surface area contributed by atoms with Gasteiger partial charge < -0.3 is 36.1 Å². The van der Waals surface area contributed by atoms with E-state index < -0.39 is 0 Å². The topological polar surface area (TPSA) is 394 Å². The van der Waals surface area contributed by atoms with Crippen molar-refractivity contribution in [2.24, 2.45) is 0 Å². The number of nitrogens with one attached hydrogen (secondary N) is 10. The van der Waals surface area contributed by atoms with Crippen LogP contribution >= 0.6 is 57.2 Å². The van der Waals surface area contributed by atoms with E-state index in [4.69, 9.17) is 32.7 Å². The summed E-state index contributed by atoms with van der Waals surface area (Å²) in [6, 6.07) is 67.9. The Kier molecular flexibility index (Phi) is 27.6. The van der Waals surface area contributed by atoms with Crippen molar-refractivity contribution in [2.45, 2.75) is 87.6 Å². The largest absolute Gasteiger partial charge is 0.495 e. The van der Waals surface area contributed by atoms with E-state index in [1.54, 1.807) is 59.3 Å². The van der Waals surface area contributed by atoms with Crippen molar-refractivity contribution in [2.75, 3.05) is 40.3 Å². The fourth-order valence-corrected chi connectivity index (χ4v) is 16.1. The summed E-state index contributed by atoms with van der Waals surface area (Å²) >= 11 is 16.9. The van der Waals surface area contributed by atoms with Crippen LogP contribution in [-0.2, 0) is 39.1 Å². The van der Waals surface area contributed by atoms with Crippen LogP contribution in [0, 0.1) is 34.6 Å². The first-order valence-corrected chi connectivity index (χ1v) is 44.9. The molecule has 0 amide bonds. The average Bonchev–Trinajstić information content (AvgIpc) is 1.66. The molecule has 20 rings (SSSR count). The number of nitrogens with zero attached hydrogens (tertiary/aromatic N) is 15. The molecule has 0 aliphatic heterocycles. The van der Waals surface area contributed by atoms with Gasteiger partial charge in [0.2, 0.25) is 0 Å². The van der Waals surface area contributed by atoms with Crippen LogP contribution in [0.2, 0.25) is 10.0 Å². The van der Waals surface area contributed by atoms with Gasteiger partial charge >= 0.3 is 0 Å². The molecular weight excluding hydrogens is 1760 g/mol. The van der Waals surface area contributed by atoms with E-state index in [1.165, 1.54) is 64.0 Å². The summed E-state index contributed by atoms with van der Waals surface area (Å²) in [6.45, 7) is 16.9. The Hall–Kier alpha value is -15.4. The zero-order valence-electron chi connectivity index (χ0n) is 72.0. The Morgan fingerprint density at radius 2 is 0.771 bits per heavy atom. The van der Waals surface area contributed by atoms with Crippen LogP contribution in [0.25, 0.3) is 83.8 Å². The fourth-order valence-electron chi connectivity index (χ4n) is 13.8. The first kappa shape index (κ1) is 89.0. The number of aromatic amines is 5. The highest BCUT2D eigenvalue weighted by Crippen LogP contribution is 2.31. The van der Waals surface area contributed by atoms with Crippen LogP contribution in [0.5, 0.6) is 11.5 Å². The van der Waals surface area contributed by atoms with Gasteiger partial charge in [-0.2, -0.15) is 47.5 Å². The van der Waals surface area contributed by atoms with E-state index in [1.807, 2.05) is 183 Å². The molecule has 0 bridgehead atoms. The molecular formula is C94H87Cl2N25O7S3. The molecule has 662 valence electrons. The van der Waals surface area contributed by atoms with Gasteiger partial charge in [0.25, 0.3) is 56.7 Å². The van der Waals surface area contributed by atoms with Crippen molar-refractivity contribution in [1.82, 2.24) is 97.9 Å². The molecule has 0 fully saturated rings. The molecule has 0 radical (unpaired) electrons. The van der Waals surface area contributed by atoms with Gasteiger partial charge in [-0.3, -0.25) is 49.5 Å². The number of aryl methyl sites for hydroxylation is 5. The summed E-state index contributed by atoms with van der Waals surface area (Å²) < 4.78 is 17.7. The van der Waals surface area contributed by atoms with Gasteiger partial charge in [-0.1, -0.05) is 139 Å². The smallest absolute Gasteiger partial charge is 0.274 e. The third-order valence-electron chi connectivity index (χ3n) is 20.8. The Morgan fingerprint density at radius 3 is 1.23 bits per heavy atom. The van der Waals surface area contributed by atoms with Crippen LogP contribution in [0.3, 0.4) is 0 Å². The molecule has 0 aliphatic rings. The molecule has 13 heterocycles. The number of H-pyrrole nitrogens is 5. The van der Waals surface area contributed by atoms with E-state index in [9.17, 15) is 24.0 Å². The standard InChI is InChI=1S/C21H20ClN5O2.C20H19N5O.C18H17N5O2S.C18H17N5OS.C17H14ClN5OS/c1-12-4-5-14(8-13(12)2)20-25-21-24-16(10-19(28)27(21)26-20)11-23-17-9-15(22)6-7-18(17)29-3;1-13-7-6-8-14(2)18(13)21-12-16-11-17(26)25-20(22-16)23-19(24-25)15-9-4-3-5-10-15;1-2-25-14-7-4-3-6-13(14)19-11-12-10-16(24)23-18(20-12)21-17(22-23)15-8-5-9-26-15;1-2-12-5-7-13(8-6-12)19-11-14-10-16(24)23-18(20-14)21-17(22-23)15-4-3-9-25-15;1-10-12(18)4-2-5-13(10)19-9-11-8-15(24)23-17(20-11)21-16(22-23)14-6-3-7-25-14/h4-10,23H,11H2,1-3H3,(H,24,25,26);3-11,21H,12H2,1-2H3,(H,22,23,24);3-10,19H,2,11H2,1H3,(H,20,21,22);3-10,19H,2,11H2,1H3,(H,20,21,22);2-8,19H,9H2,1H3,(H,20,21,22). The molecule has 37 heteroatoms. The number of methoxy groups -OCH3 is 1. The van der Waals surface area contributed by atoms with Crippen LogP contribution in [0.4, 0.5) is 28.4 Å². The third kappa shape index (κ3) is 21.4. The van der Waals surface area contributed by atoms with Gasteiger partial charge in [-0.15, -0.1) is 34.0 Å². The Bertz CT molecular complexity index is 7710. The molecule has 7 aromatic carbocycles. The maximum Gasteiger partial charge on any atom is 0.274 e. The maximum absolute atomic E-state index is 12.5. The second kappa shape index (κ2) is 40.7. The summed E-state index contributed by atoms with van der Waals surface area (Å²) in [6.07, 6.45) is 1.01. The highest BCUT2D eigenvalue weighted by atomic mass is 35.5. The van der Waals surface area contributed by atoms with Crippen LogP contribution in [0.15, 0.2) is 259 Å². The van der Waals surface area contributed by atoms with Crippen molar-refractivity contribution in [3.05, 3.63) is 358 Å². The molecule has 0 aliphatic carbocycles. The lowest BCUT2D eigenvalue weighted by Crippen LogP contribution is -2.17. The van der Waals surface area contributed by atoms with Gasteiger partial charge in [0.1, 0.15) is 11.5 Å². The highest BCUT2D eigenvalue weighted by Gasteiger charge is 2.19. The van der Waals surface area contributed by atoms with Crippen molar-refractivity contribution < 1.29 is 9.47 Å². The summed E-state index contributed by atoms with van der Waals surface area (Å²) in [5.41, 5.74) is 15.5. The number of benzene rings is 7. The lowest BCUT2D eigenvalue weighted by molar-refractivity contribution is 0.341. The molecule has 0 saturated carbocycles. The third-order valence-corrected chi connectivity index (χ3v) is 24.0. The van der Waals surface area contributed by atoms with Crippen LogP contribution in [0.1, 0.15) is 75.7 Å². The molecule has 0 spiro atoms. The molecule has 20 aromatic rings. The molecule has 0 atom stereocenters. The maximum atomic E-state index is 12.5. The number of hydrogen-bond donors (Lipinski definition) is 10. The zero-order chi connectivity index (χ0) is 91.2. The summed E-state index contributed by atoms with van der Waals surface area (Å²) in [5.74, 6) is 6.35. The summed E-state index contributed by atoms with van der Waals surface area (Å²) in [7, 11) is 1.59. The summed E-state index contributed by atoms with van der Waals surface area (Å²) in [4.78, 5) is 110. The second-order valence-electron chi connectivity index (χ2n) is 29.8. The first-order chi connectivity index (χ1) is 63.6. The number of rotatable bonds is 24. The number of thiophene rings is 3. The number of anilines is 5. The van der Waals surface area contributed by atoms with E-state index in [-0.39, 0.29) is 27.8 Å². The SMILES string of the molecule is CCOc1ccccc1NCc1cc(=O)n2[nH]c(-c3cccs3)nc2n1.CCc1ccc(NCc2cc(=O)n3[nH]c(-c4cccs4)nc3n2)cc1.COc1ccc(Cl)cc1NCc1cc(=O)n2[nH]c(-c3ccc(C)c(C)c3)nc2n1.Cc1c(Cl)cccc1NCc1cc(=O)n2[nH]c(-c3cccs3)nc2n1.Cc1cccc(C)c1NCc1cc(=O)n2[nH]c(-c3ccccc3)nc2n1. The number of hydrogen-bond acceptors (Lipinski definition) is 25. The number of para-hydroxylation sites is 3. The molecule has 0 unspecified atom stereocenters. The Morgan fingerprint density at radius 1 is 0.351 bits per heavy atom. The highest BCUT2D eigenvalue weighted by molar-refractivity contribution is 7.14. The van der Waals surface area contributed by atoms with E-state index in [0.29, 0.717) is 142 Å². The molecule has 13 aromatic heterocycles. The number of fused-ring (bicyclic) bond motifs is 5. The van der Waals surface area contributed by atoms with Crippen LogP contribution in [-0.4, -0.2) is 112 Å². The van der Waals surface area contributed by atoms with Crippen molar-refractivity contribution in [3.63, 3.8) is 0 Å². The molecule has 0 saturated heterocycles. The minimum Gasteiger partial charge on any atom is -0.495 e. The average molecular weight is 1850 g/mol. The zero-order valence-corrected chi connectivity index (χ0v) is 76.0. The van der Waals surface area contributed by atoms with Gasteiger partial charge in [0.15, 0.2) is 29.1 Å². The van der Waals surface area contributed by atoms with Crippen molar-refractivity contribution in [1.29, 1.82) is 0 Å². The lowest BCUT2D eigenvalue weighted by Gasteiger charge is -2.12. The number of halogens is 2. The normalized spacial score (nSPS) is 11.0. The van der Waals surface area contributed by atoms with E-state index >= 15 is 0 Å². The molecule has 32 nitrogen and oxygen atoms in total. The lowest BCUT2D eigenvalue weighted by atomic mass is 10.1. The Labute approximate surface area is 769 Å². The molecule has 131 heavy (non-hydrogen) atoms. The van der Waals surface area contributed by atoms with Crippen LogP contribution < -0.4 is 63.9 Å². The number of aromatic nitrogens is 20. The predicted molar refractivity (Wildman–Crippen MR) is 518 cm³/mol. The minimum absolute atomic E-state index is 0.168. The van der Waals surface area contributed by atoms with Gasteiger partial charge in [-0.05, 0) is 176 Å². The molecule has 10 N–H and O–H groups in total. The van der Waals surface area contributed by atoms with Gasteiger partial charge in [0, 0.05) is 68.6 Å². The van der Waals surface area contributed by atoms with Gasteiger partial charge in [0.05, 0.1) is 101 Å².